The topological polar surface area (TPSA) is 88.0 Å². The van der Waals surface area contributed by atoms with Gasteiger partial charge in [0.15, 0.2) is 6.10 Å². The zero-order chi connectivity index (χ0) is 20.5. The maximum Gasteiger partial charge on any atom is 0.412 e. The van der Waals surface area contributed by atoms with E-state index in [2.05, 4.69) is 5.32 Å². The van der Waals surface area contributed by atoms with Gasteiger partial charge in [-0.15, -0.1) is 0 Å². The van der Waals surface area contributed by atoms with Crippen LogP contribution in [0.25, 0.3) is 0 Å². The molecule has 3 rings (SSSR count). The maximum atomic E-state index is 12.5. The molecular weight excluding hydrogens is 370 g/mol. The third-order valence-electron chi connectivity index (χ3n) is 4.26. The molecule has 6 nitrogen and oxygen atoms in total. The van der Waals surface area contributed by atoms with E-state index in [1.807, 2.05) is 24.3 Å². The Morgan fingerprint density at radius 3 is 2.14 bits per heavy atom. The summed E-state index contributed by atoms with van der Waals surface area (Å²) in [5.74, 6) is 0.700. The van der Waals surface area contributed by atoms with Gasteiger partial charge in [-0.2, -0.15) is 0 Å². The molecule has 0 aliphatic carbocycles. The highest BCUT2D eigenvalue weighted by molar-refractivity contribution is 5.84. The number of anilines is 1. The largest absolute Gasteiger partial charge is 0.508 e. The van der Waals surface area contributed by atoms with Gasteiger partial charge < -0.3 is 19.7 Å². The van der Waals surface area contributed by atoms with Crippen molar-refractivity contribution in [3.8, 4) is 11.5 Å². The summed E-state index contributed by atoms with van der Waals surface area (Å²) in [6.07, 6.45) is -1.83. The minimum atomic E-state index is -0.799. The van der Waals surface area contributed by atoms with Crippen LogP contribution in [0, 0.1) is 0 Å². The normalized spacial score (nSPS) is 12.6. The summed E-state index contributed by atoms with van der Waals surface area (Å²) < 4.78 is 11.7. The zero-order valence-corrected chi connectivity index (χ0v) is 15.8. The van der Waals surface area contributed by atoms with E-state index in [4.69, 9.17) is 9.47 Å². The Bertz CT molecular complexity index is 884. The first-order chi connectivity index (χ1) is 14.2. The summed E-state index contributed by atoms with van der Waals surface area (Å²) in [5.41, 5.74) is 1.24. The molecule has 29 heavy (non-hydrogen) atoms. The number of carbonyl (C=O) groups excluding carboxylic acids is 1. The Morgan fingerprint density at radius 1 is 0.897 bits per heavy atom. The first-order valence-corrected chi connectivity index (χ1v) is 9.30. The van der Waals surface area contributed by atoms with E-state index in [9.17, 15) is 15.0 Å². The van der Waals surface area contributed by atoms with E-state index in [0.717, 1.165) is 0 Å². The Hall–Kier alpha value is -3.51. The van der Waals surface area contributed by atoms with Crippen LogP contribution in [0.1, 0.15) is 18.1 Å². The minimum absolute atomic E-state index is 0.101. The van der Waals surface area contributed by atoms with Crippen LogP contribution in [0.4, 0.5) is 10.5 Å². The second kappa shape index (κ2) is 10.1. The lowest BCUT2D eigenvalue weighted by atomic mass is 10.0. The highest BCUT2D eigenvalue weighted by atomic mass is 16.6. The van der Waals surface area contributed by atoms with Gasteiger partial charge in [0, 0.05) is 18.7 Å². The molecule has 3 N–H and O–H groups in total. The van der Waals surface area contributed by atoms with Crippen molar-refractivity contribution in [2.45, 2.75) is 18.6 Å². The standard InChI is InChI=1S/C23H23NO5/c25-16-15-21(28-20-9-5-2-6-10-20)22(17-11-13-19(26)14-12-17)29-23(27)24-18-7-3-1-4-8-18/h1-14,21-22,25-26H,15-16H2,(H,24,27)/t21-,22-/m0/s1. The summed E-state index contributed by atoms with van der Waals surface area (Å²) in [6, 6.07) is 24.4. The SMILES string of the molecule is O=C(Nc1ccccc1)O[C@@H](c1ccc(O)cc1)[C@H](CCO)Oc1ccccc1. The van der Waals surface area contributed by atoms with E-state index in [0.29, 0.717) is 17.0 Å². The maximum absolute atomic E-state index is 12.5. The van der Waals surface area contributed by atoms with Crippen LogP contribution in [0.2, 0.25) is 0 Å². The number of aromatic hydroxyl groups is 1. The predicted octanol–water partition coefficient (Wildman–Crippen LogP) is 4.51. The Kier molecular flexibility index (Phi) is 7.08. The second-order valence-electron chi connectivity index (χ2n) is 6.39. The monoisotopic (exact) mass is 393 g/mol. The highest BCUT2D eigenvalue weighted by Crippen LogP contribution is 2.29. The second-order valence-corrected chi connectivity index (χ2v) is 6.39. The molecule has 3 aromatic rings. The average Bonchev–Trinajstić information content (AvgIpc) is 2.74. The number of aliphatic hydroxyl groups is 1. The van der Waals surface area contributed by atoms with Crippen molar-refractivity contribution < 1.29 is 24.5 Å². The lowest BCUT2D eigenvalue weighted by Gasteiger charge is -2.28. The molecule has 0 bridgehead atoms. The Labute approximate surface area is 169 Å². The van der Waals surface area contributed by atoms with Gasteiger partial charge in [0.25, 0.3) is 0 Å². The van der Waals surface area contributed by atoms with Crippen molar-refractivity contribution in [2.75, 3.05) is 11.9 Å². The molecule has 0 saturated carbocycles. The van der Waals surface area contributed by atoms with Crippen LogP contribution in [-0.2, 0) is 4.74 Å². The molecule has 0 saturated heterocycles. The van der Waals surface area contributed by atoms with Crippen LogP contribution in [-0.4, -0.2) is 29.0 Å². The molecule has 0 aliphatic heterocycles. The lowest BCUT2D eigenvalue weighted by molar-refractivity contribution is 0.00907. The van der Waals surface area contributed by atoms with E-state index in [1.165, 1.54) is 12.1 Å². The molecule has 0 aromatic heterocycles. The average molecular weight is 393 g/mol. The van der Waals surface area contributed by atoms with Crippen molar-refractivity contribution in [1.29, 1.82) is 0 Å². The molecule has 1 amide bonds. The van der Waals surface area contributed by atoms with Crippen molar-refractivity contribution in [2.24, 2.45) is 0 Å². The fourth-order valence-corrected chi connectivity index (χ4v) is 2.88. The van der Waals surface area contributed by atoms with Crippen molar-refractivity contribution in [1.82, 2.24) is 0 Å². The molecule has 0 radical (unpaired) electrons. The van der Waals surface area contributed by atoms with E-state index in [1.54, 1.807) is 48.5 Å². The van der Waals surface area contributed by atoms with Crippen LogP contribution in [0.15, 0.2) is 84.9 Å². The zero-order valence-electron chi connectivity index (χ0n) is 15.8. The third-order valence-corrected chi connectivity index (χ3v) is 4.26. The lowest BCUT2D eigenvalue weighted by Crippen LogP contribution is -2.31. The molecule has 3 aromatic carbocycles. The molecule has 150 valence electrons. The predicted molar refractivity (Wildman–Crippen MR) is 110 cm³/mol. The fraction of sp³-hybridized carbons (Fsp3) is 0.174. The van der Waals surface area contributed by atoms with Gasteiger partial charge in [-0.25, -0.2) is 4.79 Å². The molecule has 0 aliphatic rings. The number of hydrogen-bond acceptors (Lipinski definition) is 5. The smallest absolute Gasteiger partial charge is 0.412 e. The Balaban J connectivity index is 1.83. The van der Waals surface area contributed by atoms with Gasteiger partial charge in [0.05, 0.1) is 0 Å². The minimum Gasteiger partial charge on any atom is -0.508 e. The quantitative estimate of drug-likeness (QED) is 0.524. The van der Waals surface area contributed by atoms with Crippen LogP contribution < -0.4 is 10.1 Å². The summed E-state index contributed by atoms with van der Waals surface area (Å²) in [7, 11) is 0. The van der Waals surface area contributed by atoms with Gasteiger partial charge in [0.2, 0.25) is 0 Å². The molecule has 0 unspecified atom stereocenters. The number of hydrogen-bond donors (Lipinski definition) is 3. The fourth-order valence-electron chi connectivity index (χ4n) is 2.88. The van der Waals surface area contributed by atoms with Crippen LogP contribution in [0.5, 0.6) is 11.5 Å². The van der Waals surface area contributed by atoms with E-state index in [-0.39, 0.29) is 18.8 Å². The number of ether oxygens (including phenoxy) is 2. The highest BCUT2D eigenvalue weighted by Gasteiger charge is 2.29. The number of phenolic OH excluding ortho intramolecular Hbond substituents is 1. The Morgan fingerprint density at radius 2 is 1.52 bits per heavy atom. The van der Waals surface area contributed by atoms with Gasteiger partial charge in [-0.1, -0.05) is 48.5 Å². The number of nitrogens with one attached hydrogen (secondary N) is 1. The summed E-state index contributed by atoms with van der Waals surface area (Å²) in [5, 5.41) is 21.8. The van der Waals surface area contributed by atoms with Crippen molar-refractivity contribution in [3.63, 3.8) is 0 Å². The number of benzene rings is 3. The van der Waals surface area contributed by atoms with E-state index >= 15 is 0 Å². The van der Waals surface area contributed by atoms with Gasteiger partial charge >= 0.3 is 6.09 Å². The number of aliphatic hydroxyl groups excluding tert-OH is 1. The molecule has 0 fully saturated rings. The molecule has 2 atom stereocenters. The van der Waals surface area contributed by atoms with Crippen LogP contribution >= 0.6 is 0 Å². The van der Waals surface area contributed by atoms with Gasteiger partial charge in [-0.3, -0.25) is 5.32 Å². The number of rotatable bonds is 8. The van der Waals surface area contributed by atoms with Crippen molar-refractivity contribution >= 4 is 11.8 Å². The number of amides is 1. The third kappa shape index (κ3) is 5.99. The molecule has 6 heteroatoms. The molecule has 0 heterocycles. The first-order valence-electron chi connectivity index (χ1n) is 9.30. The van der Waals surface area contributed by atoms with Crippen LogP contribution in [0.3, 0.4) is 0 Å². The van der Waals surface area contributed by atoms with Crippen molar-refractivity contribution in [3.05, 3.63) is 90.5 Å². The first kappa shape index (κ1) is 20.2. The number of carbonyl (C=O) groups is 1. The summed E-state index contributed by atoms with van der Waals surface area (Å²) in [4.78, 5) is 12.5. The number of phenols is 1. The summed E-state index contributed by atoms with van der Waals surface area (Å²) in [6.45, 7) is -0.143. The van der Waals surface area contributed by atoms with Gasteiger partial charge in [-0.05, 0) is 42.0 Å². The van der Waals surface area contributed by atoms with Gasteiger partial charge in [0.1, 0.15) is 17.6 Å². The summed E-state index contributed by atoms with van der Waals surface area (Å²) >= 11 is 0. The van der Waals surface area contributed by atoms with E-state index < -0.39 is 18.3 Å². The molecule has 0 spiro atoms. The number of para-hydroxylation sites is 2. The molecular formula is C23H23NO5.